The Hall–Kier alpha value is -4.13. The number of hydrogen-bond donors (Lipinski definition) is 2. The minimum atomic E-state index is -0.562. The van der Waals surface area contributed by atoms with Crippen LogP contribution < -0.4 is 10.5 Å². The van der Waals surface area contributed by atoms with E-state index < -0.39 is 11.6 Å². The van der Waals surface area contributed by atoms with E-state index >= 15 is 0 Å². The number of hydrogen-bond acceptors (Lipinski definition) is 4. The van der Waals surface area contributed by atoms with Crippen molar-refractivity contribution in [3.63, 3.8) is 0 Å². The Bertz CT molecular complexity index is 1460. The number of rotatable bonds is 3. The summed E-state index contributed by atoms with van der Waals surface area (Å²) in [5, 5.41) is 11.8. The maximum Gasteiger partial charge on any atom is 0.207 e. The van der Waals surface area contributed by atoms with Crippen molar-refractivity contribution in [1.82, 2.24) is 9.55 Å². The molecule has 5 nitrogen and oxygen atoms in total. The standard InChI is InChI=1S/C24H17F2N3O2/c1-31-15-8-6-14(7-9-15)29-12-20-21(24(29)30)22(27)17-4-2-3-16(23(17)28-20)18-11-13(25)5-10-19(18)26/h2-12,30H,27H2,1H3. The van der Waals surface area contributed by atoms with Crippen LogP contribution in [0, 0.1) is 11.6 Å². The first-order valence-electron chi connectivity index (χ1n) is 9.50. The maximum atomic E-state index is 14.5. The Morgan fingerprint density at radius 1 is 1.00 bits per heavy atom. The molecule has 3 aromatic carbocycles. The molecule has 5 aromatic rings. The van der Waals surface area contributed by atoms with Crippen molar-refractivity contribution in [2.24, 2.45) is 0 Å². The van der Waals surface area contributed by atoms with Crippen molar-refractivity contribution in [3.8, 4) is 28.4 Å². The van der Waals surface area contributed by atoms with Gasteiger partial charge in [-0.25, -0.2) is 13.8 Å². The minimum absolute atomic E-state index is 0.0607. The van der Waals surface area contributed by atoms with Crippen LogP contribution in [0.3, 0.4) is 0 Å². The molecule has 0 aliphatic heterocycles. The Morgan fingerprint density at radius 2 is 1.77 bits per heavy atom. The number of methoxy groups -OCH3 is 1. The number of benzene rings is 3. The molecule has 31 heavy (non-hydrogen) atoms. The van der Waals surface area contributed by atoms with E-state index in [9.17, 15) is 13.9 Å². The zero-order valence-corrected chi connectivity index (χ0v) is 16.4. The number of nitrogens with two attached hydrogens (primary N) is 1. The number of ether oxygens (including phenoxy) is 1. The fourth-order valence-corrected chi connectivity index (χ4v) is 3.82. The number of fused-ring (bicyclic) bond motifs is 2. The van der Waals surface area contributed by atoms with Gasteiger partial charge in [0, 0.05) is 28.4 Å². The van der Waals surface area contributed by atoms with Crippen LogP contribution in [0.1, 0.15) is 0 Å². The van der Waals surface area contributed by atoms with E-state index in [1.807, 2.05) is 0 Å². The van der Waals surface area contributed by atoms with Crippen molar-refractivity contribution in [1.29, 1.82) is 0 Å². The lowest BCUT2D eigenvalue weighted by molar-refractivity contribution is 0.414. The summed E-state index contributed by atoms with van der Waals surface area (Å²) >= 11 is 0. The van der Waals surface area contributed by atoms with Gasteiger partial charge in [-0.1, -0.05) is 18.2 Å². The molecule has 2 aromatic heterocycles. The van der Waals surface area contributed by atoms with Gasteiger partial charge in [-0.3, -0.25) is 4.57 Å². The van der Waals surface area contributed by atoms with Crippen LogP contribution in [0.15, 0.2) is 66.9 Å². The molecule has 0 aliphatic carbocycles. The average molecular weight is 417 g/mol. The molecule has 0 aliphatic rings. The largest absolute Gasteiger partial charge is 0.497 e. The summed E-state index contributed by atoms with van der Waals surface area (Å²) < 4.78 is 35.0. The van der Waals surface area contributed by atoms with E-state index in [1.54, 1.807) is 60.3 Å². The first-order chi connectivity index (χ1) is 15.0. The summed E-state index contributed by atoms with van der Waals surface area (Å²) in [5.74, 6) is -0.488. The quantitative estimate of drug-likeness (QED) is 0.411. The number of pyridine rings is 1. The van der Waals surface area contributed by atoms with Crippen LogP contribution in [0.4, 0.5) is 14.5 Å². The van der Waals surface area contributed by atoms with Gasteiger partial charge in [-0.2, -0.15) is 0 Å². The number of nitrogens with zero attached hydrogens (tertiary/aromatic N) is 2. The van der Waals surface area contributed by atoms with Gasteiger partial charge in [0.2, 0.25) is 5.88 Å². The Balaban J connectivity index is 1.79. The van der Waals surface area contributed by atoms with Crippen LogP contribution in [0.5, 0.6) is 11.6 Å². The van der Waals surface area contributed by atoms with Gasteiger partial charge in [0.15, 0.2) is 0 Å². The predicted octanol–water partition coefficient (Wildman–Crippen LogP) is 5.42. The van der Waals surface area contributed by atoms with Crippen molar-refractivity contribution < 1.29 is 18.6 Å². The number of nitrogen functional groups attached to an aromatic ring is 1. The maximum absolute atomic E-state index is 14.5. The molecule has 0 amide bonds. The molecule has 3 N–H and O–H groups in total. The van der Waals surface area contributed by atoms with Gasteiger partial charge < -0.3 is 15.6 Å². The Morgan fingerprint density at radius 3 is 2.52 bits per heavy atom. The Labute approximate surface area is 175 Å². The molecular weight excluding hydrogens is 400 g/mol. The predicted molar refractivity (Wildman–Crippen MR) is 117 cm³/mol. The highest BCUT2D eigenvalue weighted by Crippen LogP contribution is 2.40. The second kappa shape index (κ2) is 6.98. The number of anilines is 1. The second-order valence-electron chi connectivity index (χ2n) is 7.13. The van der Waals surface area contributed by atoms with E-state index in [0.717, 1.165) is 18.2 Å². The molecular formula is C24H17F2N3O2. The van der Waals surface area contributed by atoms with Gasteiger partial charge in [0.1, 0.15) is 17.4 Å². The minimum Gasteiger partial charge on any atom is -0.497 e. The van der Waals surface area contributed by atoms with Gasteiger partial charge in [0.25, 0.3) is 0 Å². The number of para-hydroxylation sites is 1. The van der Waals surface area contributed by atoms with Crippen LogP contribution in [0.2, 0.25) is 0 Å². The summed E-state index contributed by atoms with van der Waals surface area (Å²) in [5.41, 5.74) is 8.77. The van der Waals surface area contributed by atoms with E-state index in [4.69, 9.17) is 10.5 Å². The fourth-order valence-electron chi connectivity index (χ4n) is 3.82. The van der Waals surface area contributed by atoms with E-state index in [0.29, 0.717) is 44.5 Å². The van der Waals surface area contributed by atoms with Crippen LogP contribution >= 0.6 is 0 Å². The third-order valence-electron chi connectivity index (χ3n) is 5.36. The number of halogens is 2. The second-order valence-corrected chi connectivity index (χ2v) is 7.13. The molecule has 5 rings (SSSR count). The summed E-state index contributed by atoms with van der Waals surface area (Å²) in [6.45, 7) is 0. The Kier molecular flexibility index (Phi) is 4.25. The third kappa shape index (κ3) is 2.93. The normalized spacial score (nSPS) is 11.3. The molecule has 154 valence electrons. The molecule has 0 spiro atoms. The molecule has 0 atom stereocenters. The zero-order chi connectivity index (χ0) is 21.7. The summed E-state index contributed by atoms with van der Waals surface area (Å²) in [6.07, 6.45) is 1.65. The molecule has 0 fully saturated rings. The van der Waals surface area contributed by atoms with E-state index in [2.05, 4.69) is 4.98 Å². The van der Waals surface area contributed by atoms with Crippen molar-refractivity contribution in [3.05, 3.63) is 78.5 Å². The van der Waals surface area contributed by atoms with Crippen molar-refractivity contribution in [2.45, 2.75) is 0 Å². The van der Waals surface area contributed by atoms with E-state index in [-0.39, 0.29) is 11.4 Å². The lowest BCUT2D eigenvalue weighted by Gasteiger charge is -2.10. The molecule has 7 heteroatoms. The van der Waals surface area contributed by atoms with Crippen LogP contribution in [-0.2, 0) is 0 Å². The molecule has 0 saturated heterocycles. The van der Waals surface area contributed by atoms with Gasteiger partial charge in [-0.05, 0) is 42.5 Å². The monoisotopic (exact) mass is 417 g/mol. The highest BCUT2D eigenvalue weighted by molar-refractivity contribution is 6.12. The molecule has 2 heterocycles. The van der Waals surface area contributed by atoms with E-state index in [1.165, 1.54) is 0 Å². The zero-order valence-electron chi connectivity index (χ0n) is 16.4. The fraction of sp³-hybridized carbons (Fsp3) is 0.0417. The van der Waals surface area contributed by atoms with Gasteiger partial charge in [-0.15, -0.1) is 0 Å². The number of aromatic hydroxyl groups is 1. The lowest BCUT2D eigenvalue weighted by Crippen LogP contribution is -1.94. The molecule has 0 bridgehead atoms. The lowest BCUT2D eigenvalue weighted by atomic mass is 10.00. The van der Waals surface area contributed by atoms with Crippen LogP contribution in [-0.4, -0.2) is 21.8 Å². The van der Waals surface area contributed by atoms with Crippen molar-refractivity contribution >= 4 is 27.5 Å². The summed E-state index contributed by atoms with van der Waals surface area (Å²) in [6, 6.07) is 15.5. The summed E-state index contributed by atoms with van der Waals surface area (Å²) in [4.78, 5) is 4.65. The molecule has 0 unspecified atom stereocenters. The highest BCUT2D eigenvalue weighted by Gasteiger charge is 2.19. The SMILES string of the molecule is COc1ccc(-n2cc3nc4c(-c5cc(F)ccc5F)cccc4c(N)c3c2O)cc1. The smallest absolute Gasteiger partial charge is 0.207 e. The topological polar surface area (TPSA) is 73.3 Å². The summed E-state index contributed by atoms with van der Waals surface area (Å²) in [7, 11) is 1.58. The average Bonchev–Trinajstić information content (AvgIpc) is 3.12. The van der Waals surface area contributed by atoms with Gasteiger partial charge in [0.05, 0.1) is 29.2 Å². The van der Waals surface area contributed by atoms with Crippen LogP contribution in [0.25, 0.3) is 38.6 Å². The van der Waals surface area contributed by atoms with Crippen molar-refractivity contribution in [2.75, 3.05) is 12.8 Å². The third-order valence-corrected chi connectivity index (χ3v) is 5.36. The first kappa shape index (κ1) is 18.9. The first-order valence-corrected chi connectivity index (χ1v) is 9.50. The number of aromatic nitrogens is 2. The van der Waals surface area contributed by atoms with Gasteiger partial charge >= 0.3 is 0 Å². The molecule has 0 radical (unpaired) electrons. The highest BCUT2D eigenvalue weighted by atomic mass is 19.1. The molecule has 0 saturated carbocycles.